The largest absolute Gasteiger partial charge is 0.493 e. The average Bonchev–Trinajstić information content (AvgIpc) is 3.02. The highest BCUT2D eigenvalue weighted by molar-refractivity contribution is 5.49. The maximum Gasteiger partial charge on any atom is 0.165 e. The van der Waals surface area contributed by atoms with Crippen molar-refractivity contribution in [2.24, 2.45) is 0 Å². The van der Waals surface area contributed by atoms with Gasteiger partial charge in [0.15, 0.2) is 11.5 Å². The van der Waals surface area contributed by atoms with Crippen molar-refractivity contribution in [3.8, 4) is 11.5 Å². The number of hydrogen-bond donors (Lipinski definition) is 1. The Labute approximate surface area is 120 Å². The number of hydrogen-bond acceptors (Lipinski definition) is 4. The summed E-state index contributed by atoms with van der Waals surface area (Å²) in [6.07, 6.45) is 3.33. The van der Waals surface area contributed by atoms with E-state index in [1.54, 1.807) is 7.11 Å². The maximum absolute atomic E-state index is 6.29. The van der Waals surface area contributed by atoms with E-state index >= 15 is 0 Å². The predicted molar refractivity (Wildman–Crippen MR) is 77.7 cm³/mol. The molecule has 1 aromatic rings. The van der Waals surface area contributed by atoms with Crippen molar-refractivity contribution in [1.29, 1.82) is 0 Å². The molecule has 4 heteroatoms. The second-order valence-corrected chi connectivity index (χ2v) is 5.50. The molecular weight excluding hydrogens is 254 g/mol. The summed E-state index contributed by atoms with van der Waals surface area (Å²) in [5, 5.41) is 3.42. The van der Waals surface area contributed by atoms with Crippen molar-refractivity contribution in [3.05, 3.63) is 23.8 Å². The lowest BCUT2D eigenvalue weighted by Crippen LogP contribution is -2.26. The van der Waals surface area contributed by atoms with Gasteiger partial charge in [0.25, 0.3) is 0 Å². The lowest BCUT2D eigenvalue weighted by Gasteiger charge is -2.26. The van der Waals surface area contributed by atoms with Gasteiger partial charge in [0.2, 0.25) is 0 Å². The third-order valence-corrected chi connectivity index (χ3v) is 4.18. The first kappa shape index (κ1) is 13.7. The van der Waals surface area contributed by atoms with E-state index in [0.717, 1.165) is 57.1 Å². The van der Waals surface area contributed by atoms with Gasteiger partial charge < -0.3 is 19.5 Å². The van der Waals surface area contributed by atoms with Crippen molar-refractivity contribution in [1.82, 2.24) is 5.32 Å². The molecule has 2 heterocycles. The Morgan fingerprint density at radius 1 is 1.20 bits per heavy atom. The van der Waals surface area contributed by atoms with Crippen LogP contribution in [0.5, 0.6) is 11.5 Å². The quantitative estimate of drug-likeness (QED) is 0.917. The van der Waals surface area contributed by atoms with Gasteiger partial charge in [-0.15, -0.1) is 0 Å². The van der Waals surface area contributed by atoms with E-state index < -0.39 is 0 Å². The topological polar surface area (TPSA) is 39.7 Å². The van der Waals surface area contributed by atoms with Crippen LogP contribution in [0.1, 0.15) is 30.7 Å². The summed E-state index contributed by atoms with van der Waals surface area (Å²) in [4.78, 5) is 0. The first-order valence-corrected chi connectivity index (χ1v) is 7.50. The van der Waals surface area contributed by atoms with E-state index in [4.69, 9.17) is 14.2 Å². The van der Waals surface area contributed by atoms with E-state index in [2.05, 4.69) is 17.4 Å². The van der Waals surface area contributed by atoms with Gasteiger partial charge in [0, 0.05) is 30.9 Å². The maximum atomic E-state index is 6.29. The number of nitrogens with one attached hydrogen (secondary N) is 1. The van der Waals surface area contributed by atoms with Gasteiger partial charge in [-0.1, -0.05) is 12.1 Å². The third kappa shape index (κ3) is 2.91. The second kappa shape index (κ2) is 6.46. The molecule has 1 N–H and O–H groups in total. The zero-order valence-corrected chi connectivity index (χ0v) is 12.1. The number of rotatable bonds is 4. The summed E-state index contributed by atoms with van der Waals surface area (Å²) in [6.45, 7) is 3.69. The SMILES string of the molecule is COc1cccc(C2CCNC2)c1OC1CCOCC1. The van der Waals surface area contributed by atoms with Crippen LogP contribution in [0.15, 0.2) is 18.2 Å². The van der Waals surface area contributed by atoms with E-state index in [-0.39, 0.29) is 6.10 Å². The molecule has 2 aliphatic rings. The Morgan fingerprint density at radius 2 is 2.05 bits per heavy atom. The number of benzene rings is 1. The predicted octanol–water partition coefficient (Wildman–Crippen LogP) is 2.33. The summed E-state index contributed by atoms with van der Waals surface area (Å²) in [7, 11) is 1.71. The molecule has 0 radical (unpaired) electrons. The highest BCUT2D eigenvalue weighted by Crippen LogP contribution is 2.39. The fourth-order valence-electron chi connectivity index (χ4n) is 3.02. The Kier molecular flexibility index (Phi) is 4.43. The molecule has 0 bridgehead atoms. The molecule has 20 heavy (non-hydrogen) atoms. The van der Waals surface area contributed by atoms with E-state index in [1.165, 1.54) is 5.56 Å². The Bertz CT molecular complexity index is 437. The molecule has 2 saturated heterocycles. The highest BCUT2D eigenvalue weighted by atomic mass is 16.5. The van der Waals surface area contributed by atoms with Crippen molar-refractivity contribution in [2.75, 3.05) is 33.4 Å². The Hall–Kier alpha value is -1.26. The minimum absolute atomic E-state index is 0.244. The summed E-state index contributed by atoms with van der Waals surface area (Å²) >= 11 is 0. The lowest BCUT2D eigenvalue weighted by atomic mass is 9.97. The van der Waals surface area contributed by atoms with Crippen LogP contribution in [0.3, 0.4) is 0 Å². The molecule has 0 aliphatic carbocycles. The summed E-state index contributed by atoms with van der Waals surface area (Å²) in [6, 6.07) is 6.22. The van der Waals surface area contributed by atoms with Gasteiger partial charge in [-0.3, -0.25) is 0 Å². The first-order chi connectivity index (χ1) is 9.88. The molecule has 110 valence electrons. The smallest absolute Gasteiger partial charge is 0.165 e. The minimum atomic E-state index is 0.244. The Morgan fingerprint density at radius 3 is 2.75 bits per heavy atom. The highest BCUT2D eigenvalue weighted by Gasteiger charge is 2.25. The fraction of sp³-hybridized carbons (Fsp3) is 0.625. The molecule has 0 saturated carbocycles. The van der Waals surface area contributed by atoms with E-state index in [1.807, 2.05) is 6.07 Å². The zero-order valence-electron chi connectivity index (χ0n) is 12.1. The fourth-order valence-corrected chi connectivity index (χ4v) is 3.02. The monoisotopic (exact) mass is 277 g/mol. The Balaban J connectivity index is 1.84. The van der Waals surface area contributed by atoms with Crippen LogP contribution >= 0.6 is 0 Å². The number of para-hydroxylation sites is 1. The van der Waals surface area contributed by atoms with Gasteiger partial charge in [-0.2, -0.15) is 0 Å². The molecule has 0 spiro atoms. The van der Waals surface area contributed by atoms with Crippen molar-refractivity contribution in [2.45, 2.75) is 31.3 Å². The van der Waals surface area contributed by atoms with Crippen LogP contribution in [-0.4, -0.2) is 39.5 Å². The van der Waals surface area contributed by atoms with Crippen molar-refractivity contribution < 1.29 is 14.2 Å². The first-order valence-electron chi connectivity index (χ1n) is 7.50. The molecular formula is C16H23NO3. The van der Waals surface area contributed by atoms with Gasteiger partial charge in [0.05, 0.1) is 20.3 Å². The zero-order chi connectivity index (χ0) is 13.8. The average molecular weight is 277 g/mol. The summed E-state index contributed by atoms with van der Waals surface area (Å²) in [5.74, 6) is 2.32. The molecule has 0 amide bonds. The molecule has 1 aromatic carbocycles. The van der Waals surface area contributed by atoms with Crippen LogP contribution in [0, 0.1) is 0 Å². The van der Waals surface area contributed by atoms with Gasteiger partial charge in [0.1, 0.15) is 6.10 Å². The van der Waals surface area contributed by atoms with Crippen LogP contribution in [-0.2, 0) is 4.74 Å². The standard InChI is InChI=1S/C16H23NO3/c1-18-15-4-2-3-14(12-5-8-17-11-12)16(15)20-13-6-9-19-10-7-13/h2-4,12-13,17H,5-11H2,1H3. The summed E-state index contributed by atoms with van der Waals surface area (Å²) in [5.41, 5.74) is 1.28. The number of ether oxygens (including phenoxy) is 3. The molecule has 0 aromatic heterocycles. The van der Waals surface area contributed by atoms with Crippen LogP contribution in [0.2, 0.25) is 0 Å². The van der Waals surface area contributed by atoms with Crippen LogP contribution in [0.4, 0.5) is 0 Å². The summed E-state index contributed by atoms with van der Waals surface area (Å²) < 4.78 is 17.2. The lowest BCUT2D eigenvalue weighted by molar-refractivity contribution is 0.0240. The number of methoxy groups -OCH3 is 1. The molecule has 3 rings (SSSR count). The molecule has 2 fully saturated rings. The third-order valence-electron chi connectivity index (χ3n) is 4.18. The normalized spacial score (nSPS) is 23.8. The van der Waals surface area contributed by atoms with Gasteiger partial charge in [-0.25, -0.2) is 0 Å². The molecule has 4 nitrogen and oxygen atoms in total. The second-order valence-electron chi connectivity index (χ2n) is 5.50. The molecule has 1 unspecified atom stereocenters. The van der Waals surface area contributed by atoms with E-state index in [9.17, 15) is 0 Å². The van der Waals surface area contributed by atoms with Crippen LogP contribution < -0.4 is 14.8 Å². The van der Waals surface area contributed by atoms with Gasteiger partial charge >= 0.3 is 0 Å². The van der Waals surface area contributed by atoms with Crippen molar-refractivity contribution >= 4 is 0 Å². The van der Waals surface area contributed by atoms with E-state index in [0.29, 0.717) is 5.92 Å². The minimum Gasteiger partial charge on any atom is -0.493 e. The molecule has 1 atom stereocenters. The molecule has 2 aliphatic heterocycles. The van der Waals surface area contributed by atoms with Crippen molar-refractivity contribution in [3.63, 3.8) is 0 Å². The van der Waals surface area contributed by atoms with Crippen LogP contribution in [0.25, 0.3) is 0 Å². The van der Waals surface area contributed by atoms with Gasteiger partial charge in [-0.05, 0) is 19.0 Å².